The first-order valence-corrected chi connectivity index (χ1v) is 6.14. The Morgan fingerprint density at radius 2 is 1.80 bits per heavy atom. The summed E-state index contributed by atoms with van der Waals surface area (Å²) < 4.78 is 10.1. The summed E-state index contributed by atoms with van der Waals surface area (Å²) in [5.74, 6) is -0.139. The summed E-state index contributed by atoms with van der Waals surface area (Å²) in [6.45, 7) is 2.96. The van der Waals surface area contributed by atoms with E-state index >= 15 is 0 Å². The standard InChI is InChI=1S/C12H22O3/c1-2-3-4-5-6-7-8-9-14-12-10-11(13)15-12/h12H,2-10H2,1H3/t12-/m1/s1. The van der Waals surface area contributed by atoms with Gasteiger partial charge in [-0.2, -0.15) is 0 Å². The highest BCUT2D eigenvalue weighted by atomic mass is 16.7. The van der Waals surface area contributed by atoms with Crippen molar-refractivity contribution >= 4 is 5.97 Å². The van der Waals surface area contributed by atoms with Gasteiger partial charge in [0.2, 0.25) is 6.29 Å². The SMILES string of the molecule is CCCCCCCCCO[C@H]1CC(=O)O1. The Kier molecular flexibility index (Phi) is 6.41. The Labute approximate surface area is 92.1 Å². The molecule has 1 aliphatic heterocycles. The highest BCUT2D eigenvalue weighted by Crippen LogP contribution is 2.15. The number of rotatable bonds is 9. The summed E-state index contributed by atoms with van der Waals surface area (Å²) in [6, 6.07) is 0. The molecule has 0 aliphatic carbocycles. The van der Waals surface area contributed by atoms with Gasteiger partial charge in [0.05, 0.1) is 6.61 Å². The van der Waals surface area contributed by atoms with Gasteiger partial charge in [0.15, 0.2) is 0 Å². The fourth-order valence-electron chi connectivity index (χ4n) is 1.64. The molecule has 1 aliphatic rings. The first-order valence-electron chi connectivity index (χ1n) is 6.14. The molecule has 0 aromatic rings. The summed E-state index contributed by atoms with van der Waals surface area (Å²) in [7, 11) is 0. The normalized spacial score (nSPS) is 19.8. The lowest BCUT2D eigenvalue weighted by molar-refractivity contribution is -0.217. The maximum Gasteiger partial charge on any atom is 0.314 e. The number of hydrogen-bond donors (Lipinski definition) is 0. The molecule has 0 bridgehead atoms. The van der Waals surface area contributed by atoms with E-state index < -0.39 is 0 Å². The third-order valence-corrected chi connectivity index (χ3v) is 2.65. The van der Waals surface area contributed by atoms with E-state index in [1.165, 1.54) is 38.5 Å². The van der Waals surface area contributed by atoms with E-state index in [1.807, 2.05) is 0 Å². The van der Waals surface area contributed by atoms with Gasteiger partial charge in [0, 0.05) is 0 Å². The van der Waals surface area contributed by atoms with Gasteiger partial charge in [0.25, 0.3) is 0 Å². The van der Waals surface area contributed by atoms with Crippen LogP contribution in [0.4, 0.5) is 0 Å². The fraction of sp³-hybridized carbons (Fsp3) is 0.917. The van der Waals surface area contributed by atoms with E-state index in [2.05, 4.69) is 6.92 Å². The lowest BCUT2D eigenvalue weighted by atomic mass is 10.1. The van der Waals surface area contributed by atoms with Gasteiger partial charge >= 0.3 is 5.97 Å². The molecule has 0 saturated carbocycles. The minimum atomic E-state index is -0.238. The minimum absolute atomic E-state index is 0.139. The van der Waals surface area contributed by atoms with E-state index in [1.54, 1.807) is 0 Å². The molecule has 3 heteroatoms. The molecule has 88 valence electrons. The number of carbonyl (C=O) groups excluding carboxylic acids is 1. The summed E-state index contributed by atoms with van der Waals surface area (Å²) in [6.07, 6.45) is 9.17. The smallest absolute Gasteiger partial charge is 0.314 e. The summed E-state index contributed by atoms with van der Waals surface area (Å²) in [5.41, 5.74) is 0. The Bertz CT molecular complexity index is 172. The number of esters is 1. The van der Waals surface area contributed by atoms with E-state index in [-0.39, 0.29) is 12.3 Å². The van der Waals surface area contributed by atoms with Crippen LogP contribution in [-0.2, 0) is 14.3 Å². The van der Waals surface area contributed by atoms with Gasteiger partial charge in [-0.3, -0.25) is 4.79 Å². The van der Waals surface area contributed by atoms with E-state index in [9.17, 15) is 4.79 Å². The van der Waals surface area contributed by atoms with Gasteiger partial charge in [-0.15, -0.1) is 0 Å². The van der Waals surface area contributed by atoms with Crippen molar-refractivity contribution in [1.82, 2.24) is 0 Å². The van der Waals surface area contributed by atoms with Crippen molar-refractivity contribution in [1.29, 1.82) is 0 Å². The van der Waals surface area contributed by atoms with Crippen LogP contribution >= 0.6 is 0 Å². The predicted octanol–water partition coefficient (Wildman–Crippen LogP) is 3.03. The van der Waals surface area contributed by atoms with Crippen LogP contribution in [0.25, 0.3) is 0 Å². The Morgan fingerprint density at radius 3 is 2.40 bits per heavy atom. The molecule has 15 heavy (non-hydrogen) atoms. The number of ether oxygens (including phenoxy) is 2. The minimum Gasteiger partial charge on any atom is -0.435 e. The molecule has 0 unspecified atom stereocenters. The third kappa shape index (κ3) is 5.78. The topological polar surface area (TPSA) is 35.5 Å². The van der Waals surface area contributed by atoms with E-state index in [0.29, 0.717) is 6.42 Å². The molecular weight excluding hydrogens is 192 g/mol. The Morgan fingerprint density at radius 1 is 1.20 bits per heavy atom. The summed E-state index contributed by atoms with van der Waals surface area (Å²) in [4.78, 5) is 10.4. The molecule has 0 spiro atoms. The van der Waals surface area contributed by atoms with Crippen LogP contribution in [0.15, 0.2) is 0 Å². The van der Waals surface area contributed by atoms with Crippen molar-refractivity contribution in [3.8, 4) is 0 Å². The van der Waals surface area contributed by atoms with Crippen LogP contribution in [0.5, 0.6) is 0 Å². The number of hydrogen-bond acceptors (Lipinski definition) is 3. The molecule has 0 radical (unpaired) electrons. The van der Waals surface area contributed by atoms with Crippen molar-refractivity contribution in [2.75, 3.05) is 6.61 Å². The monoisotopic (exact) mass is 214 g/mol. The van der Waals surface area contributed by atoms with Crippen molar-refractivity contribution < 1.29 is 14.3 Å². The number of carbonyl (C=O) groups is 1. The van der Waals surface area contributed by atoms with E-state index in [0.717, 1.165) is 13.0 Å². The van der Waals surface area contributed by atoms with Crippen LogP contribution in [0, 0.1) is 0 Å². The van der Waals surface area contributed by atoms with Gasteiger partial charge in [-0.25, -0.2) is 0 Å². The second-order valence-electron chi connectivity index (χ2n) is 4.12. The fourth-order valence-corrected chi connectivity index (χ4v) is 1.64. The molecule has 1 heterocycles. The van der Waals surface area contributed by atoms with Crippen molar-refractivity contribution in [3.05, 3.63) is 0 Å². The largest absolute Gasteiger partial charge is 0.435 e. The Balaban J connectivity index is 1.72. The number of cyclic esters (lactones) is 1. The quantitative estimate of drug-likeness (QED) is 0.437. The molecule has 1 rings (SSSR count). The van der Waals surface area contributed by atoms with Crippen LogP contribution in [0.3, 0.4) is 0 Å². The van der Waals surface area contributed by atoms with Crippen LogP contribution in [-0.4, -0.2) is 18.9 Å². The van der Waals surface area contributed by atoms with Gasteiger partial charge in [-0.1, -0.05) is 45.4 Å². The first-order chi connectivity index (χ1) is 7.33. The maximum absolute atomic E-state index is 10.4. The molecule has 1 atom stereocenters. The summed E-state index contributed by atoms with van der Waals surface area (Å²) >= 11 is 0. The molecule has 0 N–H and O–H groups in total. The average molecular weight is 214 g/mol. The maximum atomic E-state index is 10.4. The number of unbranched alkanes of at least 4 members (excludes halogenated alkanes) is 6. The molecular formula is C12H22O3. The highest BCUT2D eigenvalue weighted by molar-refractivity contribution is 5.74. The second kappa shape index (κ2) is 7.69. The van der Waals surface area contributed by atoms with E-state index in [4.69, 9.17) is 9.47 Å². The summed E-state index contributed by atoms with van der Waals surface area (Å²) in [5, 5.41) is 0. The van der Waals surface area contributed by atoms with Gasteiger partial charge in [0.1, 0.15) is 6.42 Å². The molecule has 0 aromatic heterocycles. The zero-order valence-corrected chi connectivity index (χ0v) is 9.67. The lowest BCUT2D eigenvalue weighted by Gasteiger charge is -2.25. The average Bonchev–Trinajstić information content (AvgIpc) is 2.19. The molecule has 1 fully saturated rings. The molecule has 0 amide bonds. The Hall–Kier alpha value is -0.570. The van der Waals surface area contributed by atoms with Gasteiger partial charge in [-0.05, 0) is 6.42 Å². The lowest BCUT2D eigenvalue weighted by Crippen LogP contribution is -2.35. The van der Waals surface area contributed by atoms with Crippen molar-refractivity contribution in [2.24, 2.45) is 0 Å². The highest BCUT2D eigenvalue weighted by Gasteiger charge is 2.28. The van der Waals surface area contributed by atoms with Crippen molar-refractivity contribution in [2.45, 2.75) is 64.6 Å². The zero-order valence-electron chi connectivity index (χ0n) is 9.67. The van der Waals surface area contributed by atoms with Crippen LogP contribution < -0.4 is 0 Å². The first kappa shape index (κ1) is 12.5. The molecule has 1 saturated heterocycles. The molecule has 0 aromatic carbocycles. The van der Waals surface area contributed by atoms with Crippen LogP contribution in [0.2, 0.25) is 0 Å². The molecule has 3 nitrogen and oxygen atoms in total. The van der Waals surface area contributed by atoms with Crippen molar-refractivity contribution in [3.63, 3.8) is 0 Å². The second-order valence-corrected chi connectivity index (χ2v) is 4.12. The zero-order chi connectivity index (χ0) is 10.9. The predicted molar refractivity (Wildman–Crippen MR) is 58.4 cm³/mol. The van der Waals surface area contributed by atoms with Gasteiger partial charge < -0.3 is 9.47 Å². The third-order valence-electron chi connectivity index (χ3n) is 2.65. The van der Waals surface area contributed by atoms with Crippen LogP contribution in [0.1, 0.15) is 58.3 Å².